The number of hydrogen-bond donors (Lipinski definition) is 1. The van der Waals surface area contributed by atoms with Gasteiger partial charge in [-0.05, 0) is 61.3 Å². The molecule has 0 aliphatic heterocycles. The van der Waals surface area contributed by atoms with Crippen LogP contribution in [0.4, 0.5) is 4.39 Å². The Labute approximate surface area is 208 Å². The molecule has 186 valence electrons. The van der Waals surface area contributed by atoms with E-state index in [4.69, 9.17) is 0 Å². The number of aromatic hydroxyl groups is 1. The highest BCUT2D eigenvalue weighted by molar-refractivity contribution is 5.88. The van der Waals surface area contributed by atoms with E-state index >= 15 is 0 Å². The average molecular weight is 477 g/mol. The molecule has 0 aromatic heterocycles. The van der Waals surface area contributed by atoms with E-state index in [1.807, 2.05) is 37.4 Å². The van der Waals surface area contributed by atoms with Crippen LogP contribution in [0.15, 0.2) is 72.0 Å². The van der Waals surface area contributed by atoms with Gasteiger partial charge < -0.3 is 10.0 Å². The lowest BCUT2D eigenvalue weighted by molar-refractivity contribution is -0.118. The minimum Gasteiger partial charge on any atom is -0.508 e. The van der Waals surface area contributed by atoms with E-state index in [0.717, 1.165) is 68.1 Å². The van der Waals surface area contributed by atoms with Crippen molar-refractivity contribution in [3.8, 4) is 16.9 Å². The maximum atomic E-state index is 14.4. The fourth-order valence-electron chi connectivity index (χ4n) is 4.86. The van der Waals surface area contributed by atoms with Crippen molar-refractivity contribution in [2.45, 2.75) is 58.3 Å². The van der Waals surface area contributed by atoms with Gasteiger partial charge in [0.15, 0.2) is 0 Å². The van der Waals surface area contributed by atoms with Gasteiger partial charge in [0.1, 0.15) is 17.3 Å². The summed E-state index contributed by atoms with van der Waals surface area (Å²) in [6.07, 6.45) is 7.11. The molecular weight excluding hydrogens is 439 g/mol. The summed E-state index contributed by atoms with van der Waals surface area (Å²) < 4.78 is 14.4. The van der Waals surface area contributed by atoms with Crippen LogP contribution in [-0.2, 0) is 4.79 Å². The fourth-order valence-corrected chi connectivity index (χ4v) is 4.86. The van der Waals surface area contributed by atoms with E-state index in [0.29, 0.717) is 23.6 Å². The Morgan fingerprint density at radius 1 is 1.20 bits per heavy atom. The van der Waals surface area contributed by atoms with Gasteiger partial charge in [-0.1, -0.05) is 51.3 Å². The molecule has 35 heavy (non-hydrogen) atoms. The first-order valence-corrected chi connectivity index (χ1v) is 12.6. The molecule has 1 N–H and O–H groups in total. The number of benzene rings is 2. The lowest BCUT2D eigenvalue weighted by atomic mass is 9.91. The van der Waals surface area contributed by atoms with Gasteiger partial charge in [0.05, 0.1) is 11.4 Å². The van der Waals surface area contributed by atoms with Crippen molar-refractivity contribution in [2.75, 3.05) is 13.1 Å². The van der Waals surface area contributed by atoms with Gasteiger partial charge >= 0.3 is 0 Å². The smallest absolute Gasteiger partial charge is 0.140 e. The van der Waals surface area contributed by atoms with Gasteiger partial charge in [-0.25, -0.2) is 4.39 Å². The Balaban J connectivity index is 1.60. The average Bonchev–Trinajstić information content (AvgIpc) is 3.21. The predicted molar refractivity (Wildman–Crippen MR) is 142 cm³/mol. The molecule has 0 spiro atoms. The maximum absolute atomic E-state index is 14.4. The first-order valence-electron chi connectivity index (χ1n) is 12.6. The summed E-state index contributed by atoms with van der Waals surface area (Å²) in [7, 11) is 0. The molecule has 1 aliphatic rings. The minimum absolute atomic E-state index is 0.102. The zero-order chi connectivity index (χ0) is 25.4. The molecule has 2 atom stereocenters. The van der Waals surface area contributed by atoms with Gasteiger partial charge in [0.25, 0.3) is 0 Å². The summed E-state index contributed by atoms with van der Waals surface area (Å²) in [6.45, 7) is 14.2. The van der Waals surface area contributed by atoms with Gasteiger partial charge in [0, 0.05) is 43.3 Å². The van der Waals surface area contributed by atoms with Crippen LogP contribution in [0.2, 0.25) is 0 Å². The molecule has 0 amide bonds. The second-order valence-electron chi connectivity index (χ2n) is 9.36. The number of aliphatic imine (C=N–C) groups is 1. The lowest BCUT2D eigenvalue weighted by Gasteiger charge is -2.26. The summed E-state index contributed by atoms with van der Waals surface area (Å²) in [5.74, 6) is -0.116. The van der Waals surface area contributed by atoms with Gasteiger partial charge in [-0.2, -0.15) is 0 Å². The molecule has 5 heteroatoms. The molecule has 0 radical (unpaired) electrons. The van der Waals surface area contributed by atoms with Crippen LogP contribution in [0.3, 0.4) is 0 Å². The Hall–Kier alpha value is -3.21. The molecule has 0 heterocycles. The number of phenols is 1. The van der Waals surface area contributed by atoms with Crippen LogP contribution in [-0.4, -0.2) is 35.1 Å². The highest BCUT2D eigenvalue weighted by Crippen LogP contribution is 2.39. The Morgan fingerprint density at radius 3 is 2.71 bits per heavy atom. The molecule has 0 saturated heterocycles. The molecule has 2 unspecified atom stereocenters. The Kier molecular flexibility index (Phi) is 9.41. The molecule has 3 rings (SSSR count). The number of carbonyl (C=O) groups is 1. The summed E-state index contributed by atoms with van der Waals surface area (Å²) in [5, 5.41) is 9.50. The van der Waals surface area contributed by atoms with Crippen LogP contribution >= 0.6 is 0 Å². The lowest BCUT2D eigenvalue weighted by Crippen LogP contribution is -2.25. The number of Topliss-reactive ketones (excluding diaryl/α,β-unsaturated/α-hetero) is 1. The van der Waals surface area contributed by atoms with Crippen LogP contribution < -0.4 is 0 Å². The highest BCUT2D eigenvalue weighted by atomic mass is 19.1. The van der Waals surface area contributed by atoms with Crippen molar-refractivity contribution in [3.63, 3.8) is 0 Å². The largest absolute Gasteiger partial charge is 0.508 e. The first-order chi connectivity index (χ1) is 16.8. The molecule has 1 fully saturated rings. The van der Waals surface area contributed by atoms with Crippen molar-refractivity contribution >= 4 is 12.0 Å². The normalized spacial score (nSPS) is 17.7. The van der Waals surface area contributed by atoms with E-state index in [1.54, 1.807) is 6.07 Å². The van der Waals surface area contributed by atoms with Crippen molar-refractivity contribution in [1.29, 1.82) is 0 Å². The van der Waals surface area contributed by atoms with Gasteiger partial charge in [0.2, 0.25) is 0 Å². The number of halogens is 1. The van der Waals surface area contributed by atoms with Crippen molar-refractivity contribution in [1.82, 2.24) is 4.90 Å². The highest BCUT2D eigenvalue weighted by Gasteiger charge is 2.33. The summed E-state index contributed by atoms with van der Waals surface area (Å²) in [4.78, 5) is 19.5. The van der Waals surface area contributed by atoms with Crippen LogP contribution in [0.5, 0.6) is 5.75 Å². The second kappa shape index (κ2) is 12.5. The van der Waals surface area contributed by atoms with E-state index in [1.165, 1.54) is 6.07 Å². The number of hydrogen-bond acceptors (Lipinski definition) is 4. The molecule has 4 nitrogen and oxygen atoms in total. The number of rotatable bonds is 12. The molecule has 2 aromatic carbocycles. The zero-order valence-corrected chi connectivity index (χ0v) is 21.0. The van der Waals surface area contributed by atoms with Gasteiger partial charge in [-0.15, -0.1) is 0 Å². The molecule has 2 aromatic rings. The summed E-state index contributed by atoms with van der Waals surface area (Å²) in [6, 6.07) is 11.7. The van der Waals surface area contributed by atoms with E-state index in [2.05, 4.69) is 30.0 Å². The fraction of sp³-hybridized carbons (Fsp3) is 0.400. The first kappa shape index (κ1) is 26.4. The topological polar surface area (TPSA) is 52.9 Å². The van der Waals surface area contributed by atoms with E-state index < -0.39 is 5.82 Å². The summed E-state index contributed by atoms with van der Waals surface area (Å²) in [5.41, 5.74) is 3.66. The monoisotopic (exact) mass is 476 g/mol. The standard InChI is InChI=1S/C30H37FN2O2/c1-5-14-32-21(3)22(4)33(15-6-2)16-8-9-23-17-28(30(35)18-23)25-11-7-10-24(19-25)27-13-12-26(34)20-29(27)31/h7,10-14,19-20,23,28,34H,3-6,8-9,15-18H2,1-2H3. The molecular formula is C30H37FN2O2. The predicted octanol–water partition coefficient (Wildman–Crippen LogP) is 7.26. The minimum atomic E-state index is -0.473. The van der Waals surface area contributed by atoms with E-state index in [9.17, 15) is 14.3 Å². The Morgan fingerprint density at radius 2 is 2.00 bits per heavy atom. The van der Waals surface area contributed by atoms with Gasteiger partial charge in [-0.3, -0.25) is 9.79 Å². The van der Waals surface area contributed by atoms with Crippen molar-refractivity contribution in [2.24, 2.45) is 10.9 Å². The van der Waals surface area contributed by atoms with Crippen LogP contribution in [0, 0.1) is 11.7 Å². The van der Waals surface area contributed by atoms with Crippen LogP contribution in [0.25, 0.3) is 11.1 Å². The summed E-state index contributed by atoms with van der Waals surface area (Å²) >= 11 is 0. The maximum Gasteiger partial charge on any atom is 0.140 e. The second-order valence-corrected chi connectivity index (χ2v) is 9.36. The SMILES string of the molecule is C=C(N=CCC)C(=C)N(CCC)CCCC1CC(=O)C(c2cccc(-c3ccc(O)cc3F)c2)C1. The number of phenolic OH excluding ortho intramolecular Hbond substituents is 1. The molecule has 1 saturated carbocycles. The zero-order valence-electron chi connectivity index (χ0n) is 21.0. The van der Waals surface area contributed by atoms with E-state index in [-0.39, 0.29) is 17.5 Å². The number of ketones is 1. The third-order valence-electron chi connectivity index (χ3n) is 6.68. The third-order valence-corrected chi connectivity index (χ3v) is 6.68. The Bertz CT molecular complexity index is 1090. The van der Waals surface area contributed by atoms with Crippen molar-refractivity contribution < 1.29 is 14.3 Å². The number of carbonyl (C=O) groups excluding carboxylic acids is 1. The molecule has 0 bridgehead atoms. The van der Waals surface area contributed by atoms with Crippen LogP contribution in [0.1, 0.15) is 63.9 Å². The van der Waals surface area contributed by atoms with Crippen molar-refractivity contribution in [3.05, 3.63) is 78.4 Å². The molecule has 1 aliphatic carbocycles. The third kappa shape index (κ3) is 6.91. The quantitative estimate of drug-likeness (QED) is 0.259. The number of nitrogens with zero attached hydrogens (tertiary/aromatic N) is 2.